The van der Waals surface area contributed by atoms with E-state index in [-0.39, 0.29) is 0 Å². The Morgan fingerprint density at radius 2 is 2.15 bits per heavy atom. The predicted molar refractivity (Wildman–Crippen MR) is 86.9 cm³/mol. The molecule has 1 saturated heterocycles. The molecule has 0 spiro atoms. The lowest BCUT2D eigenvalue weighted by molar-refractivity contribution is 0.187. The highest BCUT2D eigenvalue weighted by Gasteiger charge is 2.22. The number of halogens is 1. The van der Waals surface area contributed by atoms with Gasteiger partial charge in [0.1, 0.15) is 5.75 Å². The van der Waals surface area contributed by atoms with Crippen LogP contribution in [0.4, 0.5) is 0 Å². The summed E-state index contributed by atoms with van der Waals surface area (Å²) in [6, 6.07) is 6.73. The van der Waals surface area contributed by atoms with E-state index in [1.165, 1.54) is 50.0 Å². The van der Waals surface area contributed by atoms with Crippen LogP contribution in [0.25, 0.3) is 0 Å². The van der Waals surface area contributed by atoms with Gasteiger partial charge in [-0.1, -0.05) is 35.0 Å². The second kappa shape index (κ2) is 6.48. The van der Waals surface area contributed by atoms with Crippen LogP contribution in [0.3, 0.4) is 0 Å². The van der Waals surface area contributed by atoms with E-state index >= 15 is 0 Å². The topological polar surface area (TPSA) is 12.5 Å². The molecule has 0 amide bonds. The van der Waals surface area contributed by atoms with Crippen molar-refractivity contribution in [2.24, 2.45) is 5.92 Å². The molecule has 3 heteroatoms. The maximum absolute atomic E-state index is 5.57. The summed E-state index contributed by atoms with van der Waals surface area (Å²) < 4.78 is 5.57. The summed E-state index contributed by atoms with van der Waals surface area (Å²) in [4.78, 5) is 3.29. The van der Waals surface area contributed by atoms with E-state index in [1.807, 2.05) is 0 Å². The fraction of sp³-hybridized carbons (Fsp3) is 0.647. The number of alkyl halides is 1. The van der Waals surface area contributed by atoms with Crippen molar-refractivity contribution in [3.05, 3.63) is 29.3 Å². The van der Waals surface area contributed by atoms with E-state index in [0.29, 0.717) is 4.83 Å². The number of piperidine rings is 1. The van der Waals surface area contributed by atoms with Crippen molar-refractivity contribution in [3.63, 3.8) is 0 Å². The number of fused-ring (bicyclic) bond motifs is 1. The summed E-state index contributed by atoms with van der Waals surface area (Å²) in [5.74, 6) is 1.96. The van der Waals surface area contributed by atoms with Gasteiger partial charge < -0.3 is 9.64 Å². The first-order valence-corrected chi connectivity index (χ1v) is 8.75. The lowest BCUT2D eigenvalue weighted by Gasteiger charge is -2.33. The van der Waals surface area contributed by atoms with Crippen LogP contribution in [0.5, 0.6) is 5.75 Å². The van der Waals surface area contributed by atoms with Gasteiger partial charge in [-0.15, -0.1) is 0 Å². The van der Waals surface area contributed by atoms with Gasteiger partial charge in [0.2, 0.25) is 0 Å². The third-order valence-corrected chi connectivity index (χ3v) is 5.50. The maximum Gasteiger partial charge on any atom is 0.122 e. The summed E-state index contributed by atoms with van der Waals surface area (Å²) in [7, 11) is 0. The zero-order valence-corrected chi connectivity index (χ0v) is 13.9. The van der Waals surface area contributed by atoms with Crippen LogP contribution in [0.15, 0.2) is 18.2 Å². The molecule has 2 aliphatic rings. The van der Waals surface area contributed by atoms with Gasteiger partial charge in [0, 0.05) is 17.8 Å². The molecule has 2 nitrogen and oxygen atoms in total. The third kappa shape index (κ3) is 3.37. The van der Waals surface area contributed by atoms with Crippen molar-refractivity contribution >= 4 is 15.9 Å². The minimum atomic E-state index is 0.668. The summed E-state index contributed by atoms with van der Waals surface area (Å²) in [6.07, 6.45) is 4.93. The molecule has 0 aliphatic carbocycles. The molecule has 0 saturated carbocycles. The van der Waals surface area contributed by atoms with Crippen LogP contribution in [0.1, 0.15) is 30.9 Å². The van der Waals surface area contributed by atoms with Gasteiger partial charge in [-0.2, -0.15) is 0 Å². The number of hydrogen-bond donors (Lipinski definition) is 0. The van der Waals surface area contributed by atoms with Crippen LogP contribution in [0.2, 0.25) is 0 Å². The van der Waals surface area contributed by atoms with Crippen LogP contribution in [-0.2, 0) is 12.8 Å². The number of likely N-dealkylation sites (tertiary alicyclic amines) is 1. The maximum atomic E-state index is 5.57. The monoisotopic (exact) mass is 337 g/mol. The third-order valence-electron chi connectivity index (χ3n) is 4.75. The first-order chi connectivity index (χ1) is 9.72. The highest BCUT2D eigenvalue weighted by atomic mass is 79.9. The van der Waals surface area contributed by atoms with Crippen molar-refractivity contribution in [3.8, 4) is 5.75 Å². The van der Waals surface area contributed by atoms with Gasteiger partial charge >= 0.3 is 0 Å². The molecule has 1 fully saturated rings. The van der Waals surface area contributed by atoms with Crippen molar-refractivity contribution in [1.82, 2.24) is 4.90 Å². The Kier molecular flexibility index (Phi) is 4.67. The zero-order chi connectivity index (χ0) is 13.9. The molecular weight excluding hydrogens is 314 g/mol. The molecule has 2 heterocycles. The number of rotatable bonds is 4. The molecule has 1 atom stereocenters. The van der Waals surface area contributed by atoms with Crippen molar-refractivity contribution < 1.29 is 4.74 Å². The number of nitrogens with zero attached hydrogens (tertiary/aromatic N) is 1. The summed E-state index contributed by atoms with van der Waals surface area (Å²) in [6.45, 7) is 6.86. The van der Waals surface area contributed by atoms with Crippen molar-refractivity contribution in [1.29, 1.82) is 0 Å². The minimum absolute atomic E-state index is 0.668. The normalized spacial score (nSPS) is 21.5. The summed E-state index contributed by atoms with van der Waals surface area (Å²) in [5, 5.41) is 0. The summed E-state index contributed by atoms with van der Waals surface area (Å²) in [5.41, 5.74) is 2.86. The molecule has 0 aromatic heterocycles. The Bertz CT molecular complexity index is 452. The first kappa shape index (κ1) is 14.4. The van der Waals surface area contributed by atoms with E-state index in [4.69, 9.17) is 4.74 Å². The minimum Gasteiger partial charge on any atom is -0.493 e. The molecule has 0 N–H and O–H groups in total. The highest BCUT2D eigenvalue weighted by molar-refractivity contribution is 9.09. The molecule has 0 radical (unpaired) electrons. The van der Waals surface area contributed by atoms with E-state index in [9.17, 15) is 0 Å². The number of benzene rings is 1. The molecule has 1 unspecified atom stereocenters. The Morgan fingerprint density at radius 3 is 2.90 bits per heavy atom. The molecule has 1 aromatic carbocycles. The van der Waals surface area contributed by atoms with E-state index in [2.05, 4.69) is 46.0 Å². The van der Waals surface area contributed by atoms with Crippen LogP contribution in [0, 0.1) is 5.92 Å². The quantitative estimate of drug-likeness (QED) is 0.777. The van der Waals surface area contributed by atoms with Gasteiger partial charge in [0.15, 0.2) is 0 Å². The van der Waals surface area contributed by atoms with Gasteiger partial charge in [0.25, 0.3) is 0 Å². The molecule has 1 aromatic rings. The highest BCUT2D eigenvalue weighted by Crippen LogP contribution is 2.27. The van der Waals surface area contributed by atoms with Crippen LogP contribution < -0.4 is 4.74 Å². The first-order valence-electron chi connectivity index (χ1n) is 7.83. The van der Waals surface area contributed by atoms with Gasteiger partial charge in [-0.25, -0.2) is 0 Å². The second-order valence-electron chi connectivity index (χ2n) is 6.15. The number of hydrogen-bond acceptors (Lipinski definition) is 2. The number of ether oxygens (including phenoxy) is 1. The van der Waals surface area contributed by atoms with Crippen molar-refractivity contribution in [2.75, 3.05) is 26.2 Å². The fourth-order valence-corrected chi connectivity index (χ4v) is 3.85. The average molecular weight is 338 g/mol. The standard InChI is InChI=1S/C17H24BrNO/c1-13(18)15-5-9-19(10-6-15)8-4-14-2-3-17-16(12-14)7-11-20-17/h2-3,12-13,15H,4-11H2,1H3. The van der Waals surface area contributed by atoms with Gasteiger partial charge in [-0.3, -0.25) is 0 Å². The van der Waals surface area contributed by atoms with Gasteiger partial charge in [0.05, 0.1) is 6.61 Å². The van der Waals surface area contributed by atoms with E-state index < -0.39 is 0 Å². The summed E-state index contributed by atoms with van der Waals surface area (Å²) >= 11 is 3.73. The van der Waals surface area contributed by atoms with Crippen molar-refractivity contribution in [2.45, 2.75) is 37.4 Å². The molecular formula is C17H24BrNO. The Hall–Kier alpha value is -0.540. The smallest absolute Gasteiger partial charge is 0.122 e. The molecule has 0 bridgehead atoms. The molecule has 2 aliphatic heterocycles. The van der Waals surface area contributed by atoms with Gasteiger partial charge in [-0.05, 0) is 55.5 Å². The fourth-order valence-electron chi connectivity index (χ4n) is 3.32. The lowest BCUT2D eigenvalue weighted by atomic mass is 9.94. The second-order valence-corrected chi connectivity index (χ2v) is 7.59. The Morgan fingerprint density at radius 1 is 1.35 bits per heavy atom. The Balaban J connectivity index is 1.48. The predicted octanol–water partition coefficient (Wildman–Crippen LogP) is 3.66. The lowest BCUT2D eigenvalue weighted by Crippen LogP contribution is -2.37. The molecule has 20 heavy (non-hydrogen) atoms. The van der Waals surface area contributed by atoms with E-state index in [0.717, 1.165) is 24.7 Å². The largest absolute Gasteiger partial charge is 0.493 e. The van der Waals surface area contributed by atoms with Crippen LogP contribution >= 0.6 is 15.9 Å². The SMILES string of the molecule is CC(Br)C1CCN(CCc2ccc3c(c2)CCO3)CC1. The van der Waals surface area contributed by atoms with Crippen LogP contribution in [-0.4, -0.2) is 36.0 Å². The average Bonchev–Trinajstić information content (AvgIpc) is 2.93. The van der Waals surface area contributed by atoms with E-state index in [1.54, 1.807) is 0 Å². The Labute approximate surface area is 130 Å². The molecule has 110 valence electrons. The molecule has 3 rings (SSSR count). The zero-order valence-electron chi connectivity index (χ0n) is 12.3.